The van der Waals surface area contributed by atoms with Gasteiger partial charge in [-0.2, -0.15) is 0 Å². The predicted octanol–water partition coefficient (Wildman–Crippen LogP) is 1.06. The first kappa shape index (κ1) is 15.7. The summed E-state index contributed by atoms with van der Waals surface area (Å²) in [5, 5.41) is 14.2. The van der Waals surface area contributed by atoms with Crippen molar-refractivity contribution in [3.8, 4) is 0 Å². The molecule has 1 unspecified atom stereocenters. The topological polar surface area (TPSA) is 78.4 Å². The minimum Gasteiger partial charge on any atom is -0.396 e. The van der Waals surface area contributed by atoms with Gasteiger partial charge >= 0.3 is 0 Å². The largest absolute Gasteiger partial charge is 0.396 e. The fraction of sp³-hybridized carbons (Fsp3) is 0.538. The monoisotopic (exact) mass is 284 g/mol. The second-order valence-electron chi connectivity index (χ2n) is 4.28. The molecule has 106 valence electrons. The fourth-order valence-electron chi connectivity index (χ4n) is 1.62. The summed E-state index contributed by atoms with van der Waals surface area (Å²) < 4.78 is 0. The summed E-state index contributed by atoms with van der Waals surface area (Å²) in [6.07, 6.45) is 1.28. The predicted molar refractivity (Wildman–Crippen MR) is 75.3 cm³/mol. The summed E-state index contributed by atoms with van der Waals surface area (Å²) in [5.41, 5.74) is 0. The van der Waals surface area contributed by atoms with Crippen molar-refractivity contribution < 1.29 is 14.7 Å². The molecule has 0 saturated carbocycles. The summed E-state index contributed by atoms with van der Waals surface area (Å²) in [6, 6.07) is 3.57. The lowest BCUT2D eigenvalue weighted by Crippen LogP contribution is -2.42. The molecule has 1 aromatic rings. The Morgan fingerprint density at radius 1 is 1.42 bits per heavy atom. The summed E-state index contributed by atoms with van der Waals surface area (Å²) >= 11 is 1.40. The van der Waals surface area contributed by atoms with Gasteiger partial charge in [-0.25, -0.2) is 0 Å². The molecular formula is C13H20N2O3S. The van der Waals surface area contributed by atoms with Crippen molar-refractivity contribution in [3.05, 3.63) is 21.9 Å². The van der Waals surface area contributed by atoms with Crippen LogP contribution in [0.15, 0.2) is 12.1 Å². The standard InChI is InChI=1S/C13H20N2O3S/c1-3-10(6-7-16)15-12(17)8-14-13(18)11-5-4-9(2)19-11/h4-5,10,16H,3,6-8H2,1-2H3,(H,14,18)(H,15,17). The third-order valence-electron chi connectivity index (χ3n) is 2.71. The van der Waals surface area contributed by atoms with E-state index in [9.17, 15) is 9.59 Å². The van der Waals surface area contributed by atoms with Gasteiger partial charge in [0, 0.05) is 17.5 Å². The third kappa shape index (κ3) is 5.40. The van der Waals surface area contributed by atoms with Crippen LogP contribution in [0.4, 0.5) is 0 Å². The first-order chi connectivity index (χ1) is 9.06. The van der Waals surface area contributed by atoms with E-state index in [-0.39, 0.29) is 31.0 Å². The average Bonchev–Trinajstić information content (AvgIpc) is 2.82. The highest BCUT2D eigenvalue weighted by molar-refractivity contribution is 7.13. The van der Waals surface area contributed by atoms with Crippen LogP contribution in [0.1, 0.15) is 34.3 Å². The van der Waals surface area contributed by atoms with E-state index >= 15 is 0 Å². The maximum absolute atomic E-state index is 11.7. The van der Waals surface area contributed by atoms with Gasteiger partial charge in [0.2, 0.25) is 5.91 Å². The molecule has 1 rings (SSSR count). The maximum atomic E-state index is 11.7. The number of rotatable bonds is 7. The second kappa shape index (κ2) is 7.91. The van der Waals surface area contributed by atoms with E-state index in [0.29, 0.717) is 11.3 Å². The Balaban J connectivity index is 2.35. The Morgan fingerprint density at radius 2 is 2.16 bits per heavy atom. The molecule has 0 aliphatic heterocycles. The number of thiophene rings is 1. The zero-order valence-corrected chi connectivity index (χ0v) is 12.0. The summed E-state index contributed by atoms with van der Waals surface area (Å²) in [5.74, 6) is -0.467. The minimum atomic E-state index is -0.234. The summed E-state index contributed by atoms with van der Waals surface area (Å²) in [7, 11) is 0. The van der Waals surface area contributed by atoms with E-state index in [1.165, 1.54) is 11.3 Å². The second-order valence-corrected chi connectivity index (χ2v) is 5.57. The maximum Gasteiger partial charge on any atom is 0.261 e. The van der Waals surface area contributed by atoms with E-state index in [1.54, 1.807) is 6.07 Å². The third-order valence-corrected chi connectivity index (χ3v) is 3.71. The fourth-order valence-corrected chi connectivity index (χ4v) is 2.40. The number of carbonyl (C=O) groups excluding carboxylic acids is 2. The van der Waals surface area contributed by atoms with Crippen molar-refractivity contribution in [3.63, 3.8) is 0 Å². The van der Waals surface area contributed by atoms with Gasteiger partial charge in [0.15, 0.2) is 0 Å². The van der Waals surface area contributed by atoms with Crippen molar-refractivity contribution in [2.45, 2.75) is 32.7 Å². The molecule has 1 atom stereocenters. The molecule has 1 aromatic heterocycles. The highest BCUT2D eigenvalue weighted by Crippen LogP contribution is 2.14. The molecule has 6 heteroatoms. The van der Waals surface area contributed by atoms with Crippen LogP contribution in [0.3, 0.4) is 0 Å². The molecule has 0 saturated heterocycles. The molecule has 1 heterocycles. The van der Waals surface area contributed by atoms with Crippen LogP contribution in [-0.2, 0) is 4.79 Å². The number of hydrogen-bond donors (Lipinski definition) is 3. The van der Waals surface area contributed by atoms with Gasteiger partial charge in [-0.05, 0) is 31.9 Å². The van der Waals surface area contributed by atoms with E-state index in [4.69, 9.17) is 5.11 Å². The molecule has 3 N–H and O–H groups in total. The Labute approximate surface area is 117 Å². The summed E-state index contributed by atoms with van der Waals surface area (Å²) in [6.45, 7) is 3.86. The van der Waals surface area contributed by atoms with Crippen molar-refractivity contribution >= 4 is 23.2 Å². The normalized spacial score (nSPS) is 11.9. The van der Waals surface area contributed by atoms with Crippen LogP contribution < -0.4 is 10.6 Å². The Bertz CT molecular complexity index is 431. The molecule has 0 spiro atoms. The lowest BCUT2D eigenvalue weighted by Gasteiger charge is -2.15. The highest BCUT2D eigenvalue weighted by atomic mass is 32.1. The van der Waals surface area contributed by atoms with E-state index in [2.05, 4.69) is 10.6 Å². The molecule has 0 bridgehead atoms. The Hall–Kier alpha value is -1.40. The van der Waals surface area contributed by atoms with E-state index < -0.39 is 0 Å². The Kier molecular flexibility index (Phi) is 6.52. The molecule has 0 aliphatic carbocycles. The van der Waals surface area contributed by atoms with Crippen LogP contribution >= 0.6 is 11.3 Å². The van der Waals surface area contributed by atoms with Gasteiger partial charge < -0.3 is 15.7 Å². The molecule has 19 heavy (non-hydrogen) atoms. The summed E-state index contributed by atoms with van der Waals surface area (Å²) in [4.78, 5) is 25.0. The van der Waals surface area contributed by atoms with Gasteiger partial charge in [0.1, 0.15) is 0 Å². The average molecular weight is 284 g/mol. The van der Waals surface area contributed by atoms with Crippen LogP contribution in [0, 0.1) is 6.92 Å². The first-order valence-corrected chi connectivity index (χ1v) is 7.13. The van der Waals surface area contributed by atoms with Crippen molar-refractivity contribution in [2.75, 3.05) is 13.2 Å². The van der Waals surface area contributed by atoms with Crippen LogP contribution in [0.2, 0.25) is 0 Å². The number of aryl methyl sites for hydroxylation is 1. The van der Waals surface area contributed by atoms with Crippen molar-refractivity contribution in [1.29, 1.82) is 0 Å². The highest BCUT2D eigenvalue weighted by Gasteiger charge is 2.12. The quantitative estimate of drug-likeness (QED) is 0.700. The van der Waals surface area contributed by atoms with Gasteiger partial charge in [0.25, 0.3) is 5.91 Å². The van der Waals surface area contributed by atoms with Crippen LogP contribution in [-0.4, -0.2) is 36.1 Å². The minimum absolute atomic E-state index is 0.0413. The van der Waals surface area contributed by atoms with Gasteiger partial charge in [0.05, 0.1) is 11.4 Å². The van der Waals surface area contributed by atoms with Crippen LogP contribution in [0.5, 0.6) is 0 Å². The number of aliphatic hydroxyl groups excluding tert-OH is 1. The molecule has 0 aliphatic rings. The smallest absolute Gasteiger partial charge is 0.261 e. The SMILES string of the molecule is CCC(CCO)NC(=O)CNC(=O)c1ccc(C)s1. The van der Waals surface area contributed by atoms with Gasteiger partial charge in [-0.3, -0.25) is 9.59 Å². The lowest BCUT2D eigenvalue weighted by atomic mass is 10.1. The molecule has 0 fully saturated rings. The molecular weight excluding hydrogens is 264 g/mol. The first-order valence-electron chi connectivity index (χ1n) is 6.31. The van der Waals surface area contributed by atoms with Crippen molar-refractivity contribution in [1.82, 2.24) is 10.6 Å². The number of hydrogen-bond acceptors (Lipinski definition) is 4. The lowest BCUT2D eigenvalue weighted by molar-refractivity contribution is -0.120. The molecule has 0 aromatic carbocycles. The number of aliphatic hydroxyl groups is 1. The van der Waals surface area contributed by atoms with Crippen molar-refractivity contribution in [2.24, 2.45) is 0 Å². The van der Waals surface area contributed by atoms with Gasteiger partial charge in [-0.15, -0.1) is 11.3 Å². The van der Waals surface area contributed by atoms with E-state index in [0.717, 1.165) is 11.3 Å². The molecule has 5 nitrogen and oxygen atoms in total. The van der Waals surface area contributed by atoms with E-state index in [1.807, 2.05) is 19.9 Å². The zero-order chi connectivity index (χ0) is 14.3. The Morgan fingerprint density at radius 3 is 2.68 bits per heavy atom. The molecule has 0 radical (unpaired) electrons. The number of nitrogens with one attached hydrogen (secondary N) is 2. The van der Waals surface area contributed by atoms with Crippen LogP contribution in [0.25, 0.3) is 0 Å². The van der Waals surface area contributed by atoms with Gasteiger partial charge in [-0.1, -0.05) is 6.92 Å². The zero-order valence-electron chi connectivity index (χ0n) is 11.2. The number of carbonyl (C=O) groups is 2. The molecule has 2 amide bonds. The number of amides is 2.